The molecule has 2 aliphatic rings. The van der Waals surface area contributed by atoms with Crippen LogP contribution in [0.4, 0.5) is 11.4 Å². The first kappa shape index (κ1) is 20.5. The number of hydrogen-bond donors (Lipinski definition) is 1. The summed E-state index contributed by atoms with van der Waals surface area (Å²) in [6.07, 6.45) is -0.667. The van der Waals surface area contributed by atoms with Crippen molar-refractivity contribution in [3.63, 3.8) is 0 Å². The number of carbonyl (C=O) groups is 2. The summed E-state index contributed by atoms with van der Waals surface area (Å²) in [4.78, 5) is 29.3. The summed E-state index contributed by atoms with van der Waals surface area (Å²) in [6.45, 7) is 4.46. The zero-order valence-electron chi connectivity index (χ0n) is 16.8. The predicted octanol–water partition coefficient (Wildman–Crippen LogP) is 2.71. The Morgan fingerprint density at radius 2 is 1.93 bits per heavy atom. The molecule has 30 heavy (non-hydrogen) atoms. The van der Waals surface area contributed by atoms with Crippen LogP contribution in [0.3, 0.4) is 0 Å². The van der Waals surface area contributed by atoms with Crippen LogP contribution in [-0.4, -0.2) is 62.2 Å². The van der Waals surface area contributed by atoms with Crippen LogP contribution in [0.2, 0.25) is 5.02 Å². The number of nitrogens with one attached hydrogen (secondary N) is 1. The number of ether oxygens (including phenoxy) is 2. The van der Waals surface area contributed by atoms with Gasteiger partial charge in [0, 0.05) is 23.8 Å². The van der Waals surface area contributed by atoms with Crippen LogP contribution in [0, 0.1) is 6.92 Å². The third-order valence-corrected chi connectivity index (χ3v) is 5.66. The van der Waals surface area contributed by atoms with E-state index in [0.717, 1.165) is 11.3 Å². The number of carbonyl (C=O) groups excluding carboxylic acids is 2. The number of amides is 2. The van der Waals surface area contributed by atoms with Crippen LogP contribution < -0.4 is 15.0 Å². The number of morpholine rings is 1. The number of aryl methyl sites for hydroxylation is 1. The maximum atomic E-state index is 13.0. The van der Waals surface area contributed by atoms with Gasteiger partial charge in [0.15, 0.2) is 6.10 Å². The molecule has 2 heterocycles. The SMILES string of the molecule is Cc1ccc(NC(=O)CN2CC(C(=O)N3CCOCC3)Oc3ccccc32)cc1Cl. The Morgan fingerprint density at radius 1 is 1.17 bits per heavy atom. The molecular weight excluding hydrogens is 406 g/mol. The van der Waals surface area contributed by atoms with Crippen molar-refractivity contribution in [1.29, 1.82) is 0 Å². The first-order valence-corrected chi connectivity index (χ1v) is 10.3. The predicted molar refractivity (Wildman–Crippen MR) is 115 cm³/mol. The fraction of sp³-hybridized carbons (Fsp3) is 0.364. The molecule has 1 fully saturated rings. The first-order chi connectivity index (χ1) is 14.5. The molecule has 4 rings (SSSR count). The third-order valence-electron chi connectivity index (χ3n) is 5.25. The molecule has 2 aromatic rings. The number of benzene rings is 2. The van der Waals surface area contributed by atoms with Gasteiger partial charge in [0.1, 0.15) is 5.75 Å². The quantitative estimate of drug-likeness (QED) is 0.809. The van der Waals surface area contributed by atoms with E-state index in [-0.39, 0.29) is 18.4 Å². The monoisotopic (exact) mass is 429 g/mol. The smallest absolute Gasteiger partial charge is 0.265 e. The Labute approximate surface area is 180 Å². The number of para-hydroxylation sites is 2. The lowest BCUT2D eigenvalue weighted by atomic mass is 10.1. The third kappa shape index (κ3) is 4.52. The number of rotatable bonds is 4. The molecule has 1 unspecified atom stereocenters. The Balaban J connectivity index is 1.48. The first-order valence-electron chi connectivity index (χ1n) is 9.94. The highest BCUT2D eigenvalue weighted by Gasteiger charge is 2.34. The van der Waals surface area contributed by atoms with Crippen LogP contribution in [0.5, 0.6) is 5.75 Å². The lowest BCUT2D eigenvalue weighted by Crippen LogP contribution is -2.53. The average molecular weight is 430 g/mol. The second kappa shape index (κ2) is 8.93. The van der Waals surface area contributed by atoms with Crippen molar-refractivity contribution >= 4 is 34.8 Å². The van der Waals surface area contributed by atoms with E-state index in [1.54, 1.807) is 11.0 Å². The average Bonchev–Trinajstić information content (AvgIpc) is 2.76. The standard InChI is InChI=1S/C22H24ClN3O4/c1-15-6-7-16(12-17(15)23)24-21(27)14-26-13-20(22(28)25-8-10-29-11-9-25)30-19-5-3-2-4-18(19)26/h2-7,12,20H,8-11,13-14H2,1H3,(H,24,27). The molecule has 0 saturated carbocycles. The van der Waals surface area contributed by atoms with Crippen molar-refractivity contribution in [3.05, 3.63) is 53.1 Å². The van der Waals surface area contributed by atoms with Crippen molar-refractivity contribution in [2.24, 2.45) is 0 Å². The normalized spacial score (nSPS) is 18.4. The summed E-state index contributed by atoms with van der Waals surface area (Å²) in [7, 11) is 0. The van der Waals surface area contributed by atoms with Gasteiger partial charge in [-0.3, -0.25) is 9.59 Å². The van der Waals surface area contributed by atoms with Gasteiger partial charge in [-0.05, 0) is 36.8 Å². The summed E-state index contributed by atoms with van der Waals surface area (Å²) >= 11 is 6.15. The van der Waals surface area contributed by atoms with Crippen molar-refractivity contribution < 1.29 is 19.1 Å². The largest absolute Gasteiger partial charge is 0.477 e. The number of halogens is 1. The van der Waals surface area contributed by atoms with E-state index in [1.807, 2.05) is 48.2 Å². The molecule has 0 aromatic heterocycles. The minimum atomic E-state index is -0.667. The highest BCUT2D eigenvalue weighted by atomic mass is 35.5. The molecule has 1 N–H and O–H groups in total. The molecule has 8 heteroatoms. The van der Waals surface area contributed by atoms with Gasteiger partial charge >= 0.3 is 0 Å². The Hall–Kier alpha value is -2.77. The van der Waals surface area contributed by atoms with Gasteiger partial charge in [-0.2, -0.15) is 0 Å². The lowest BCUT2D eigenvalue weighted by Gasteiger charge is -2.38. The van der Waals surface area contributed by atoms with Crippen molar-refractivity contribution in [2.75, 3.05) is 49.6 Å². The van der Waals surface area contributed by atoms with E-state index in [1.165, 1.54) is 0 Å². The van der Waals surface area contributed by atoms with Crippen LogP contribution in [0.1, 0.15) is 5.56 Å². The minimum Gasteiger partial charge on any atom is -0.477 e. The summed E-state index contributed by atoms with van der Waals surface area (Å²) in [5, 5.41) is 3.48. The zero-order chi connectivity index (χ0) is 21.1. The molecule has 0 spiro atoms. The van der Waals surface area contributed by atoms with Crippen molar-refractivity contribution in [2.45, 2.75) is 13.0 Å². The fourth-order valence-corrected chi connectivity index (χ4v) is 3.80. The molecule has 1 atom stereocenters. The van der Waals surface area contributed by atoms with Crippen LogP contribution >= 0.6 is 11.6 Å². The van der Waals surface area contributed by atoms with E-state index in [2.05, 4.69) is 5.32 Å². The highest BCUT2D eigenvalue weighted by Crippen LogP contribution is 2.33. The second-order valence-electron chi connectivity index (χ2n) is 7.40. The number of hydrogen-bond acceptors (Lipinski definition) is 5. The second-order valence-corrected chi connectivity index (χ2v) is 7.81. The molecule has 0 bridgehead atoms. The number of anilines is 2. The fourth-order valence-electron chi connectivity index (χ4n) is 3.62. The van der Waals surface area contributed by atoms with Crippen molar-refractivity contribution in [1.82, 2.24) is 4.90 Å². The Bertz CT molecular complexity index is 946. The summed E-state index contributed by atoms with van der Waals surface area (Å²) in [5.74, 6) is 0.328. The maximum absolute atomic E-state index is 13.0. The van der Waals surface area contributed by atoms with Gasteiger partial charge in [-0.25, -0.2) is 0 Å². The van der Waals surface area contributed by atoms with E-state index in [0.29, 0.717) is 49.3 Å². The molecule has 0 radical (unpaired) electrons. The van der Waals surface area contributed by atoms with Gasteiger partial charge < -0.3 is 24.6 Å². The van der Waals surface area contributed by atoms with Gasteiger partial charge in [-0.1, -0.05) is 29.8 Å². The van der Waals surface area contributed by atoms with Gasteiger partial charge in [-0.15, -0.1) is 0 Å². The van der Waals surface area contributed by atoms with E-state index in [9.17, 15) is 9.59 Å². The van der Waals surface area contributed by atoms with Gasteiger partial charge in [0.25, 0.3) is 5.91 Å². The summed E-state index contributed by atoms with van der Waals surface area (Å²) in [6, 6.07) is 12.9. The number of nitrogens with zero attached hydrogens (tertiary/aromatic N) is 2. The van der Waals surface area contributed by atoms with Crippen LogP contribution in [0.15, 0.2) is 42.5 Å². The van der Waals surface area contributed by atoms with E-state index < -0.39 is 6.10 Å². The molecule has 158 valence electrons. The summed E-state index contributed by atoms with van der Waals surface area (Å²) < 4.78 is 11.3. The lowest BCUT2D eigenvalue weighted by molar-refractivity contribution is -0.142. The molecule has 2 amide bonds. The molecule has 1 saturated heterocycles. The van der Waals surface area contributed by atoms with Gasteiger partial charge in [0.2, 0.25) is 5.91 Å². The molecule has 2 aromatic carbocycles. The van der Waals surface area contributed by atoms with Crippen molar-refractivity contribution in [3.8, 4) is 5.75 Å². The molecule has 2 aliphatic heterocycles. The molecular formula is C22H24ClN3O4. The minimum absolute atomic E-state index is 0.0801. The maximum Gasteiger partial charge on any atom is 0.265 e. The highest BCUT2D eigenvalue weighted by molar-refractivity contribution is 6.31. The van der Waals surface area contributed by atoms with E-state index in [4.69, 9.17) is 21.1 Å². The van der Waals surface area contributed by atoms with Crippen LogP contribution in [-0.2, 0) is 14.3 Å². The summed E-state index contributed by atoms with van der Waals surface area (Å²) in [5.41, 5.74) is 2.37. The zero-order valence-corrected chi connectivity index (χ0v) is 17.5. The topological polar surface area (TPSA) is 71.1 Å². The van der Waals surface area contributed by atoms with E-state index >= 15 is 0 Å². The van der Waals surface area contributed by atoms with Gasteiger partial charge in [0.05, 0.1) is 32.0 Å². The molecule has 7 nitrogen and oxygen atoms in total. The van der Waals surface area contributed by atoms with Crippen LogP contribution in [0.25, 0.3) is 0 Å². The molecule has 0 aliphatic carbocycles. The Morgan fingerprint density at radius 3 is 2.70 bits per heavy atom. The Kier molecular flexibility index (Phi) is 6.11. The number of fused-ring (bicyclic) bond motifs is 1.